The van der Waals surface area contributed by atoms with E-state index >= 15 is 0 Å². The van der Waals surface area contributed by atoms with Crippen LogP contribution in [0.4, 0.5) is 0 Å². The van der Waals surface area contributed by atoms with Gasteiger partial charge in [-0.1, -0.05) is 141 Å². The van der Waals surface area contributed by atoms with Crippen LogP contribution in [-0.2, 0) is 22.9 Å². The molecule has 0 aliphatic rings. The third kappa shape index (κ3) is 9.10. The van der Waals surface area contributed by atoms with Crippen LogP contribution in [0.3, 0.4) is 0 Å². The molecule has 295 valence electrons. The molecule has 5 heteroatoms. The van der Waals surface area contributed by atoms with E-state index in [0.29, 0.717) is 0 Å². The summed E-state index contributed by atoms with van der Waals surface area (Å²) in [6.45, 7) is 15.1. The monoisotopic (exact) mass is 883 g/mol. The minimum atomic E-state index is -1.26. The zero-order valence-corrected chi connectivity index (χ0v) is 36.9. The standard InChI is InChI=1S/C33H24P.C20H24NO.ClH.Ru/c1-24-20-21-25-12-8-10-18-29(25)32(24)33-30-19-11-9-13-26(30)22-23-31(33)34(27-14-4-2-5-15-27)28-16-6-3-7-17-28;1-14(2)16(4)20(21,17-8-6-15(3)7-9-17)18-10-12-19(22-5)13-11-18;;/h2-23H,1H2;6-8,10-14,16,21H,4H2,1-3,5H3;1H;/q-1;-3;;+1. The van der Waals surface area contributed by atoms with Gasteiger partial charge in [0, 0.05) is 0 Å². The molecule has 0 saturated heterocycles. The molecule has 0 saturated carbocycles. The van der Waals surface area contributed by atoms with E-state index in [2.05, 4.69) is 177 Å². The van der Waals surface area contributed by atoms with Crippen molar-refractivity contribution in [2.24, 2.45) is 11.8 Å². The predicted molar refractivity (Wildman–Crippen MR) is 249 cm³/mol. The average molecular weight is 883 g/mol. The van der Waals surface area contributed by atoms with Crippen molar-refractivity contribution < 1.29 is 22.0 Å². The molecule has 58 heavy (non-hydrogen) atoms. The fourth-order valence-corrected chi connectivity index (χ4v) is 10.5. The van der Waals surface area contributed by atoms with Gasteiger partial charge in [0.2, 0.25) is 0 Å². The Kier molecular flexibility index (Phi) is 14.6. The van der Waals surface area contributed by atoms with Gasteiger partial charge in [0.15, 0.2) is 0 Å². The van der Waals surface area contributed by atoms with Gasteiger partial charge in [0.1, 0.15) is 16.4 Å². The van der Waals surface area contributed by atoms with Gasteiger partial charge in [-0.2, -0.15) is 59.9 Å². The van der Waals surface area contributed by atoms with Gasteiger partial charge in [0.25, 0.3) is 0 Å². The first kappa shape index (κ1) is 42.8. The van der Waals surface area contributed by atoms with Crippen molar-refractivity contribution in [3.05, 3.63) is 224 Å². The summed E-state index contributed by atoms with van der Waals surface area (Å²) in [5, 5.41) is 9.24. The van der Waals surface area contributed by atoms with Crippen molar-refractivity contribution in [2.45, 2.75) is 26.3 Å². The van der Waals surface area contributed by atoms with E-state index < -0.39 is 13.5 Å². The first-order chi connectivity index (χ1) is 28.2. The van der Waals surface area contributed by atoms with Crippen LogP contribution in [0.25, 0.3) is 38.4 Å². The number of rotatable bonds is 9. The van der Waals surface area contributed by atoms with Gasteiger partial charge in [-0.3, -0.25) is 0 Å². The van der Waals surface area contributed by atoms with Crippen LogP contribution < -0.4 is 20.7 Å². The molecule has 2 nitrogen and oxygen atoms in total. The summed E-state index contributed by atoms with van der Waals surface area (Å²) in [5.41, 5.74) is 14.8. The van der Waals surface area contributed by atoms with Gasteiger partial charge in [-0.05, 0) is 64.2 Å². The Labute approximate surface area is 360 Å². The van der Waals surface area contributed by atoms with E-state index in [-0.39, 0.29) is 11.8 Å². The molecule has 0 fully saturated rings. The van der Waals surface area contributed by atoms with Gasteiger partial charge in [-0.15, -0.1) is 17.2 Å². The predicted octanol–water partition coefficient (Wildman–Crippen LogP) is 13.2. The third-order valence-electron chi connectivity index (χ3n) is 10.9. The van der Waals surface area contributed by atoms with E-state index in [1.807, 2.05) is 66.7 Å². The van der Waals surface area contributed by atoms with Crippen molar-refractivity contribution in [2.75, 3.05) is 7.11 Å². The molecule has 0 bridgehead atoms. The van der Waals surface area contributed by atoms with Crippen LogP contribution in [0.1, 0.15) is 36.1 Å². The van der Waals surface area contributed by atoms with E-state index in [9.17, 15) is 5.73 Å². The van der Waals surface area contributed by atoms with Crippen LogP contribution in [0.15, 0.2) is 176 Å². The molecule has 8 aromatic rings. The Morgan fingerprint density at radius 2 is 1.17 bits per heavy atom. The summed E-state index contributed by atoms with van der Waals surface area (Å²) in [4.78, 5) is 0. The van der Waals surface area contributed by atoms with E-state index in [4.69, 9.17) is 4.74 Å². The third-order valence-corrected chi connectivity index (χ3v) is 13.7. The second-order valence-electron chi connectivity index (χ2n) is 14.8. The fourth-order valence-electron chi connectivity index (χ4n) is 7.72. The Balaban J connectivity index is 0.000000205. The summed E-state index contributed by atoms with van der Waals surface area (Å²) in [5.74, 6) is 0.998. The number of ether oxygens (including phenoxy) is 1. The Hall–Kier alpha value is -4.75. The molecule has 0 heterocycles. The number of halogens is 1. The number of hydrogen-bond acceptors (Lipinski definition) is 1. The first-order valence-corrected chi connectivity index (χ1v) is 23.1. The van der Waals surface area contributed by atoms with E-state index in [1.54, 1.807) is 7.11 Å². The molecule has 0 aromatic heterocycles. The van der Waals surface area contributed by atoms with Gasteiger partial charge < -0.3 is 17.4 Å². The Morgan fingerprint density at radius 3 is 1.69 bits per heavy atom. The Bertz CT molecular complexity index is 2500. The average Bonchev–Trinajstić information content (AvgIpc) is 3.28. The SMILES string of the molecule is [CH2-]C(C(C)C)C([NH-])(c1[c-]cc(C)cc1)c1ccc(OC)cc1.[CH2-]c1ccc2ccccc2c1-c1c([PH+](c2ccccc2)c2ccccc2)ccc2ccccc12.[Cl][Ru]. The number of hydrogen-bond donors (Lipinski definition) is 0. The second kappa shape index (κ2) is 19.8. The molecule has 0 aliphatic carbocycles. The molecule has 8 aromatic carbocycles. The maximum absolute atomic E-state index is 9.20. The molecule has 0 radical (unpaired) electrons. The number of benzene rings is 8. The zero-order valence-electron chi connectivity index (χ0n) is 33.5. The van der Waals surface area contributed by atoms with Gasteiger partial charge in [-0.25, -0.2) is 0 Å². The quantitative estimate of drug-likeness (QED) is 0.0808. The van der Waals surface area contributed by atoms with Crippen molar-refractivity contribution in [1.82, 2.24) is 0 Å². The number of methoxy groups -OCH3 is 1. The molecule has 8 rings (SSSR count). The molecule has 0 amide bonds. The van der Waals surface area contributed by atoms with E-state index in [0.717, 1.165) is 28.0 Å². The molecule has 0 spiro atoms. The van der Waals surface area contributed by atoms with Crippen LogP contribution in [0.2, 0.25) is 0 Å². The van der Waals surface area contributed by atoms with Crippen molar-refractivity contribution in [3.63, 3.8) is 0 Å². The fraction of sp³-hybridized carbons (Fsp3) is 0.132. The topological polar surface area (TPSA) is 33.0 Å². The number of nitrogens with one attached hydrogen (secondary N) is 1. The number of fused-ring (bicyclic) bond motifs is 2. The molecular formula is C53H49ClNOPRu-3. The summed E-state index contributed by atoms with van der Waals surface area (Å²) in [7, 11) is 4.96. The molecule has 1 N–H and O–H groups in total. The summed E-state index contributed by atoms with van der Waals surface area (Å²) >= 11 is 1.82. The molecular weight excluding hydrogens is 834 g/mol. The first-order valence-electron chi connectivity index (χ1n) is 19.4. The zero-order chi connectivity index (χ0) is 41.2. The summed E-state index contributed by atoms with van der Waals surface area (Å²) < 4.78 is 5.23. The van der Waals surface area contributed by atoms with Gasteiger partial charge in [0.05, 0.1) is 20.3 Å². The molecule has 2 unspecified atom stereocenters. The Morgan fingerprint density at radius 1 is 0.655 bits per heavy atom. The normalized spacial score (nSPS) is 12.6. The van der Waals surface area contributed by atoms with Crippen LogP contribution in [0.5, 0.6) is 5.75 Å². The number of aryl methyl sites for hydroxylation is 1. The second-order valence-corrected chi connectivity index (χ2v) is 17.2. The minimum absolute atomic E-state index is 0.0835. The molecule has 2 atom stereocenters. The van der Waals surface area contributed by atoms with Crippen molar-refractivity contribution >= 4 is 55.1 Å². The van der Waals surface area contributed by atoms with Crippen molar-refractivity contribution in [3.8, 4) is 16.9 Å². The van der Waals surface area contributed by atoms with E-state index in [1.165, 1.54) is 48.6 Å². The van der Waals surface area contributed by atoms with Crippen LogP contribution >= 0.6 is 17.6 Å². The van der Waals surface area contributed by atoms with Crippen LogP contribution in [-0.4, -0.2) is 7.11 Å². The summed E-state index contributed by atoms with van der Waals surface area (Å²) in [6, 6.07) is 65.4. The van der Waals surface area contributed by atoms with Crippen LogP contribution in [0, 0.1) is 38.7 Å². The molecule has 0 aliphatic heterocycles. The van der Waals surface area contributed by atoms with Gasteiger partial charge >= 0.3 is 27.0 Å². The summed E-state index contributed by atoms with van der Waals surface area (Å²) in [6.07, 6.45) is 0. The maximum atomic E-state index is 9.20. The van der Waals surface area contributed by atoms with Crippen molar-refractivity contribution in [1.29, 1.82) is 0 Å².